The molecule has 3 N–H and O–H groups in total. The topological polar surface area (TPSA) is 79.2 Å². The number of nitrogens with zero attached hydrogens (tertiary/aromatic N) is 1. The average Bonchev–Trinajstić information content (AvgIpc) is 2.88. The zero-order valence-electron chi connectivity index (χ0n) is 12.3. The highest BCUT2D eigenvalue weighted by Crippen LogP contribution is 2.19. The Morgan fingerprint density at radius 2 is 2.05 bits per heavy atom. The van der Waals surface area contributed by atoms with Gasteiger partial charge >= 0.3 is 0 Å². The maximum absolute atomic E-state index is 12.0. The maximum atomic E-state index is 12.0. The molecule has 2 amide bonds. The van der Waals surface area contributed by atoms with Gasteiger partial charge in [-0.1, -0.05) is 18.2 Å². The maximum Gasteiger partial charge on any atom is 0.237 e. The van der Waals surface area contributed by atoms with Crippen molar-refractivity contribution >= 4 is 22.7 Å². The van der Waals surface area contributed by atoms with Gasteiger partial charge in [0.05, 0.1) is 6.54 Å². The number of amides is 2. The van der Waals surface area contributed by atoms with Crippen molar-refractivity contribution in [3.05, 3.63) is 36.0 Å². The van der Waals surface area contributed by atoms with E-state index in [4.69, 9.17) is 5.73 Å². The van der Waals surface area contributed by atoms with Crippen molar-refractivity contribution in [2.75, 3.05) is 13.1 Å². The first kappa shape index (κ1) is 15.1. The van der Waals surface area contributed by atoms with Gasteiger partial charge in [-0.3, -0.25) is 9.59 Å². The third kappa shape index (κ3) is 3.84. The Bertz CT molecular complexity index is 633. The van der Waals surface area contributed by atoms with Crippen molar-refractivity contribution < 1.29 is 9.59 Å². The Morgan fingerprint density at radius 1 is 1.29 bits per heavy atom. The molecule has 0 aliphatic carbocycles. The van der Waals surface area contributed by atoms with E-state index >= 15 is 0 Å². The lowest BCUT2D eigenvalue weighted by atomic mass is 10.1. The number of benzene rings is 1. The van der Waals surface area contributed by atoms with Gasteiger partial charge in [0.25, 0.3) is 0 Å². The molecule has 1 heterocycles. The Kier molecular flexibility index (Phi) is 4.98. The molecule has 112 valence electrons. The van der Waals surface area contributed by atoms with E-state index < -0.39 is 5.91 Å². The van der Waals surface area contributed by atoms with E-state index in [1.54, 1.807) is 0 Å². The van der Waals surface area contributed by atoms with E-state index in [0.717, 1.165) is 18.4 Å². The molecular weight excluding hydrogens is 266 g/mol. The molecule has 5 heteroatoms. The number of nitrogens with one attached hydrogen (secondary N) is 1. The fourth-order valence-electron chi connectivity index (χ4n) is 2.49. The summed E-state index contributed by atoms with van der Waals surface area (Å²) in [5.74, 6) is -0.488. The first-order valence-electron chi connectivity index (χ1n) is 7.23. The van der Waals surface area contributed by atoms with Crippen molar-refractivity contribution in [2.45, 2.75) is 26.2 Å². The van der Waals surface area contributed by atoms with Crippen LogP contribution in [0.2, 0.25) is 0 Å². The second kappa shape index (κ2) is 6.92. The zero-order valence-corrected chi connectivity index (χ0v) is 12.3. The molecule has 0 aliphatic heterocycles. The van der Waals surface area contributed by atoms with Gasteiger partial charge in [0.15, 0.2) is 0 Å². The van der Waals surface area contributed by atoms with Crippen LogP contribution in [0.4, 0.5) is 0 Å². The predicted molar refractivity (Wildman–Crippen MR) is 82.7 cm³/mol. The number of carbonyl (C=O) groups excluding carboxylic acids is 2. The van der Waals surface area contributed by atoms with Crippen LogP contribution in [0.5, 0.6) is 0 Å². The largest absolute Gasteiger partial charge is 0.368 e. The summed E-state index contributed by atoms with van der Waals surface area (Å²) in [4.78, 5) is 27.6. The number of rotatable bonds is 7. The number of primary amides is 1. The highest BCUT2D eigenvalue weighted by atomic mass is 16.2. The number of para-hydroxylation sites is 1. The number of aryl methyl sites for hydroxylation is 1. The third-order valence-electron chi connectivity index (χ3n) is 3.59. The van der Waals surface area contributed by atoms with Crippen LogP contribution in [0.25, 0.3) is 10.9 Å². The number of nitrogens with two attached hydrogens (primary N) is 1. The van der Waals surface area contributed by atoms with Crippen molar-refractivity contribution in [2.24, 2.45) is 5.73 Å². The molecule has 0 saturated carbocycles. The lowest BCUT2D eigenvalue weighted by Gasteiger charge is -2.18. The number of H-pyrrole nitrogens is 1. The van der Waals surface area contributed by atoms with Crippen LogP contribution in [0, 0.1) is 0 Å². The highest BCUT2D eigenvalue weighted by molar-refractivity contribution is 5.84. The van der Waals surface area contributed by atoms with Gasteiger partial charge in [0.1, 0.15) is 0 Å². The van der Waals surface area contributed by atoms with Crippen molar-refractivity contribution in [3.8, 4) is 0 Å². The number of hydrogen-bond donors (Lipinski definition) is 2. The summed E-state index contributed by atoms with van der Waals surface area (Å²) in [6.45, 7) is 2.36. The molecule has 0 spiro atoms. The second-order valence-corrected chi connectivity index (χ2v) is 5.09. The summed E-state index contributed by atoms with van der Waals surface area (Å²) in [7, 11) is 0. The predicted octanol–water partition coefficient (Wildman–Crippen LogP) is 1.82. The molecular formula is C16H21N3O2. The summed E-state index contributed by atoms with van der Waals surface area (Å²) >= 11 is 0. The zero-order chi connectivity index (χ0) is 15.2. The van der Waals surface area contributed by atoms with Gasteiger partial charge in [-0.15, -0.1) is 0 Å². The molecule has 21 heavy (non-hydrogen) atoms. The smallest absolute Gasteiger partial charge is 0.237 e. The summed E-state index contributed by atoms with van der Waals surface area (Å²) < 4.78 is 0. The van der Waals surface area contributed by atoms with Gasteiger partial charge in [0, 0.05) is 30.1 Å². The number of aromatic nitrogens is 1. The molecule has 0 fully saturated rings. The third-order valence-corrected chi connectivity index (χ3v) is 3.59. The van der Waals surface area contributed by atoms with E-state index in [1.807, 2.05) is 31.3 Å². The Morgan fingerprint density at radius 3 is 2.76 bits per heavy atom. The molecule has 0 saturated heterocycles. The number of aromatic amines is 1. The van der Waals surface area contributed by atoms with Crippen LogP contribution < -0.4 is 5.73 Å². The van der Waals surface area contributed by atoms with Crippen molar-refractivity contribution in [3.63, 3.8) is 0 Å². The minimum absolute atomic E-state index is 0.00240. The molecule has 0 radical (unpaired) electrons. The molecule has 5 nitrogen and oxygen atoms in total. The standard InChI is InChI=1S/C16H21N3O2/c1-2-19(11-15(17)20)16(21)9-5-6-12-10-18-14-8-4-3-7-13(12)14/h3-4,7-8,10,18H,2,5-6,9,11H2,1H3,(H2,17,20). The molecule has 2 rings (SSSR count). The molecule has 0 aliphatic rings. The molecule has 0 bridgehead atoms. The summed E-state index contributed by atoms with van der Waals surface area (Å²) in [6.07, 6.45) is 4.02. The van der Waals surface area contributed by atoms with Gasteiger partial charge < -0.3 is 15.6 Å². The number of likely N-dealkylation sites (N-methyl/N-ethyl adjacent to an activating group) is 1. The average molecular weight is 287 g/mol. The lowest BCUT2D eigenvalue weighted by molar-refractivity contribution is -0.135. The Balaban J connectivity index is 1.89. The van der Waals surface area contributed by atoms with Gasteiger partial charge in [-0.2, -0.15) is 0 Å². The van der Waals surface area contributed by atoms with E-state index in [0.29, 0.717) is 13.0 Å². The minimum Gasteiger partial charge on any atom is -0.368 e. The highest BCUT2D eigenvalue weighted by Gasteiger charge is 2.13. The fourth-order valence-corrected chi connectivity index (χ4v) is 2.49. The van der Waals surface area contributed by atoms with E-state index in [9.17, 15) is 9.59 Å². The fraction of sp³-hybridized carbons (Fsp3) is 0.375. The van der Waals surface area contributed by atoms with E-state index in [-0.39, 0.29) is 12.5 Å². The van der Waals surface area contributed by atoms with Crippen LogP contribution in [-0.2, 0) is 16.0 Å². The molecule has 0 unspecified atom stereocenters. The van der Waals surface area contributed by atoms with E-state index in [2.05, 4.69) is 11.1 Å². The summed E-state index contributed by atoms with van der Waals surface area (Å²) in [5.41, 5.74) is 7.47. The molecule has 0 atom stereocenters. The number of carbonyl (C=O) groups is 2. The number of hydrogen-bond acceptors (Lipinski definition) is 2. The first-order chi connectivity index (χ1) is 10.1. The van der Waals surface area contributed by atoms with Crippen LogP contribution in [0.15, 0.2) is 30.5 Å². The normalized spacial score (nSPS) is 10.7. The van der Waals surface area contributed by atoms with Gasteiger partial charge in [0.2, 0.25) is 11.8 Å². The van der Waals surface area contributed by atoms with Crippen LogP contribution in [0.3, 0.4) is 0 Å². The minimum atomic E-state index is -0.471. The summed E-state index contributed by atoms with van der Waals surface area (Å²) in [6, 6.07) is 8.12. The van der Waals surface area contributed by atoms with Gasteiger partial charge in [-0.05, 0) is 31.4 Å². The van der Waals surface area contributed by atoms with Crippen molar-refractivity contribution in [1.29, 1.82) is 0 Å². The Labute approximate surface area is 124 Å². The SMILES string of the molecule is CCN(CC(N)=O)C(=O)CCCc1c[nH]c2ccccc12. The quantitative estimate of drug-likeness (QED) is 0.814. The van der Waals surface area contributed by atoms with Crippen molar-refractivity contribution in [1.82, 2.24) is 9.88 Å². The summed E-state index contributed by atoms with van der Waals surface area (Å²) in [5, 5.41) is 1.20. The lowest BCUT2D eigenvalue weighted by Crippen LogP contribution is -2.38. The van der Waals surface area contributed by atoms with E-state index in [1.165, 1.54) is 15.8 Å². The first-order valence-corrected chi connectivity index (χ1v) is 7.23. The Hall–Kier alpha value is -2.30. The molecule has 2 aromatic rings. The van der Waals surface area contributed by atoms with Crippen LogP contribution in [0.1, 0.15) is 25.3 Å². The molecule has 1 aromatic carbocycles. The van der Waals surface area contributed by atoms with Crippen LogP contribution >= 0.6 is 0 Å². The monoisotopic (exact) mass is 287 g/mol. The van der Waals surface area contributed by atoms with Crippen LogP contribution in [-0.4, -0.2) is 34.8 Å². The second-order valence-electron chi connectivity index (χ2n) is 5.09. The number of fused-ring (bicyclic) bond motifs is 1. The van der Waals surface area contributed by atoms with Gasteiger partial charge in [-0.25, -0.2) is 0 Å². The molecule has 1 aromatic heterocycles.